The largest absolute Gasteiger partial charge is 0.480 e. The van der Waals surface area contributed by atoms with Crippen LogP contribution in [0.1, 0.15) is 73.0 Å². The summed E-state index contributed by atoms with van der Waals surface area (Å²) in [6.07, 6.45) is 6.98. The number of nitrogens with zero attached hydrogens (tertiary/aromatic N) is 4. The number of thioether (sulfide) groups is 1. The highest BCUT2D eigenvalue weighted by molar-refractivity contribution is 8.09. The molecule has 5 rings (SSSR count). The number of pyridine rings is 1. The number of aryl methyl sites for hydroxylation is 1. The second-order valence-electron chi connectivity index (χ2n) is 10.7. The molecule has 1 aliphatic carbocycles. The molecule has 0 radical (unpaired) electrons. The first-order valence-electron chi connectivity index (χ1n) is 13.1. The maximum atomic E-state index is 13.8. The Balaban J connectivity index is 1.24. The summed E-state index contributed by atoms with van der Waals surface area (Å²) < 4.78 is 27.3. The zero-order chi connectivity index (χ0) is 27.1. The third kappa shape index (κ3) is 5.11. The van der Waals surface area contributed by atoms with Gasteiger partial charge in [-0.15, -0.1) is 17.7 Å². The van der Waals surface area contributed by atoms with Crippen LogP contribution in [0.4, 0.5) is 8.78 Å². The minimum atomic E-state index is -2.53. The lowest BCUT2D eigenvalue weighted by Crippen LogP contribution is -2.34. The number of rotatable bonds is 8. The summed E-state index contributed by atoms with van der Waals surface area (Å²) in [5.41, 5.74) is 2.47. The molecule has 1 unspecified atom stereocenters. The van der Waals surface area contributed by atoms with Gasteiger partial charge < -0.3 is 14.6 Å². The summed E-state index contributed by atoms with van der Waals surface area (Å²) in [6, 6.07) is 3.82. The highest BCUT2D eigenvalue weighted by atomic mass is 32.2. The van der Waals surface area contributed by atoms with Gasteiger partial charge >= 0.3 is 5.97 Å². The van der Waals surface area contributed by atoms with Crippen LogP contribution in [0.3, 0.4) is 0 Å². The van der Waals surface area contributed by atoms with Gasteiger partial charge in [0.1, 0.15) is 17.0 Å². The van der Waals surface area contributed by atoms with Gasteiger partial charge in [0, 0.05) is 62.6 Å². The maximum absolute atomic E-state index is 13.8. The molecular formula is C28H30F2N4O3S. The molecule has 1 spiro atoms. The molecule has 38 heavy (non-hydrogen) atoms. The van der Waals surface area contributed by atoms with Crippen molar-refractivity contribution < 1.29 is 23.5 Å². The van der Waals surface area contributed by atoms with Crippen LogP contribution in [0.25, 0.3) is 11.0 Å². The van der Waals surface area contributed by atoms with Crippen LogP contribution in [-0.4, -0.2) is 60.4 Å². The number of aliphatic carboxylic acids is 1. The van der Waals surface area contributed by atoms with Crippen LogP contribution < -0.4 is 0 Å². The fraction of sp³-hybridized carbons (Fsp3) is 0.571. The minimum Gasteiger partial charge on any atom is -0.480 e. The van der Waals surface area contributed by atoms with E-state index >= 15 is 0 Å². The molecule has 2 aromatic rings. The molecule has 7 nitrogen and oxygen atoms in total. The van der Waals surface area contributed by atoms with Gasteiger partial charge in [0.2, 0.25) is 0 Å². The predicted octanol–water partition coefficient (Wildman–Crippen LogP) is 4.77. The zero-order valence-electron chi connectivity index (χ0n) is 21.3. The van der Waals surface area contributed by atoms with Gasteiger partial charge in [0.05, 0.1) is 15.9 Å². The number of halogens is 2. The lowest BCUT2D eigenvalue weighted by atomic mass is 9.82. The number of carbonyl (C=O) groups excluding carboxylic acids is 1. The Kier molecular flexibility index (Phi) is 7.13. The molecule has 3 aliphatic rings. The number of amides is 1. The molecule has 1 N–H and O–H groups in total. The number of carboxylic acid groups (broad SMARTS) is 1. The van der Waals surface area contributed by atoms with Crippen molar-refractivity contribution in [1.29, 1.82) is 5.26 Å². The molecule has 4 heterocycles. The van der Waals surface area contributed by atoms with E-state index in [1.54, 1.807) is 11.0 Å². The third-order valence-corrected chi connectivity index (χ3v) is 9.57. The van der Waals surface area contributed by atoms with Gasteiger partial charge in [0.25, 0.3) is 11.8 Å². The number of nitriles is 1. The van der Waals surface area contributed by atoms with Crippen molar-refractivity contribution in [3.63, 3.8) is 0 Å². The standard InChI is InChI=1S/C28H30F2N4O3S/c1-33-21(9-7-5-3-2-4-6-8-18-13-28(29,30)14-18)22(20-12-19(15-31)16-32-24(20)33)25(35)34-11-10-27(17-34)23(38-27)26(36)37/h12,16,18,23H,2-5,7,9-11,13-14,17H2,1H3,(H,36,37)/t23-,27?/m0/s1. The van der Waals surface area contributed by atoms with Crippen LogP contribution in [-0.2, 0) is 18.3 Å². The molecule has 200 valence electrons. The molecule has 1 amide bonds. The number of unbranched alkanes of at least 4 members (excludes halogenated alkanes) is 4. The number of hydrogen-bond acceptors (Lipinski definition) is 5. The summed E-state index contributed by atoms with van der Waals surface area (Å²) >= 11 is 1.42. The molecule has 0 bridgehead atoms. The zero-order valence-corrected chi connectivity index (χ0v) is 22.1. The van der Waals surface area contributed by atoms with Gasteiger partial charge in [0.15, 0.2) is 0 Å². The molecule has 2 atom stereocenters. The monoisotopic (exact) mass is 540 g/mol. The average molecular weight is 541 g/mol. The summed E-state index contributed by atoms with van der Waals surface area (Å²) in [5, 5.41) is 19.0. The van der Waals surface area contributed by atoms with E-state index in [0.29, 0.717) is 54.5 Å². The molecule has 2 saturated heterocycles. The van der Waals surface area contributed by atoms with Gasteiger partial charge in [-0.1, -0.05) is 18.8 Å². The quantitative estimate of drug-likeness (QED) is 0.294. The molecule has 2 aromatic heterocycles. The number of fused-ring (bicyclic) bond motifs is 1. The van der Waals surface area contributed by atoms with Crippen LogP contribution in [0, 0.1) is 29.1 Å². The van der Waals surface area contributed by atoms with Gasteiger partial charge in [-0.25, -0.2) is 13.8 Å². The summed E-state index contributed by atoms with van der Waals surface area (Å²) in [5.74, 6) is 2.34. The Hall–Kier alpha value is -3.11. The van der Waals surface area contributed by atoms with E-state index in [0.717, 1.165) is 31.4 Å². The van der Waals surface area contributed by atoms with E-state index in [1.807, 2.05) is 11.6 Å². The molecule has 3 fully saturated rings. The van der Waals surface area contributed by atoms with Gasteiger partial charge in [-0.2, -0.15) is 5.26 Å². The molecular weight excluding hydrogens is 510 g/mol. The molecule has 1 saturated carbocycles. The SMILES string of the molecule is Cn1c(CCCCCCC#CC2CC(F)(F)C2)c(C(=O)N2CCC3(C2)S[C@H]3C(=O)O)c2cc(C#N)cnc21. The van der Waals surface area contributed by atoms with Crippen LogP contribution >= 0.6 is 11.8 Å². The first-order valence-corrected chi connectivity index (χ1v) is 14.0. The van der Waals surface area contributed by atoms with Crippen LogP contribution in [0.5, 0.6) is 0 Å². The van der Waals surface area contributed by atoms with E-state index in [4.69, 9.17) is 0 Å². The van der Waals surface area contributed by atoms with E-state index in [2.05, 4.69) is 22.9 Å². The number of aromatic nitrogens is 2. The lowest BCUT2D eigenvalue weighted by molar-refractivity contribution is -0.136. The van der Waals surface area contributed by atoms with Crippen molar-refractivity contribution in [3.8, 4) is 17.9 Å². The highest BCUT2D eigenvalue weighted by Crippen LogP contribution is 2.59. The van der Waals surface area contributed by atoms with Crippen molar-refractivity contribution in [2.75, 3.05) is 13.1 Å². The highest BCUT2D eigenvalue weighted by Gasteiger charge is 2.63. The number of carboxylic acids is 1. The van der Waals surface area contributed by atoms with Crippen molar-refractivity contribution in [1.82, 2.24) is 14.5 Å². The first-order chi connectivity index (χ1) is 18.1. The minimum absolute atomic E-state index is 0.117. The molecule has 2 aliphatic heterocycles. The van der Waals surface area contributed by atoms with Gasteiger partial charge in [-0.05, 0) is 31.7 Å². The molecule has 10 heteroatoms. The Morgan fingerprint density at radius 3 is 2.71 bits per heavy atom. The third-order valence-electron chi connectivity index (χ3n) is 7.90. The van der Waals surface area contributed by atoms with E-state index < -0.39 is 17.1 Å². The number of carbonyl (C=O) groups is 2. The lowest BCUT2D eigenvalue weighted by Gasteiger charge is -2.31. The number of likely N-dealkylation sites (tertiary alicyclic amines) is 1. The van der Waals surface area contributed by atoms with Crippen LogP contribution in [0.2, 0.25) is 0 Å². The normalized spacial score (nSPS) is 23.6. The smallest absolute Gasteiger partial charge is 0.318 e. The van der Waals surface area contributed by atoms with Crippen molar-refractivity contribution in [2.24, 2.45) is 13.0 Å². The van der Waals surface area contributed by atoms with E-state index in [1.165, 1.54) is 18.0 Å². The van der Waals surface area contributed by atoms with Crippen LogP contribution in [0.15, 0.2) is 12.3 Å². The number of alkyl halides is 2. The average Bonchev–Trinajstić information content (AvgIpc) is 3.30. The Morgan fingerprint density at radius 1 is 1.26 bits per heavy atom. The fourth-order valence-electron chi connectivity index (χ4n) is 5.71. The first kappa shape index (κ1) is 26.5. The van der Waals surface area contributed by atoms with Crippen molar-refractivity contribution in [3.05, 3.63) is 29.1 Å². The summed E-state index contributed by atoms with van der Waals surface area (Å²) in [6.45, 7) is 0.921. The van der Waals surface area contributed by atoms with Crippen molar-refractivity contribution >= 4 is 34.7 Å². The summed E-state index contributed by atoms with van der Waals surface area (Å²) in [7, 11) is 1.88. The predicted molar refractivity (Wildman–Crippen MR) is 140 cm³/mol. The maximum Gasteiger partial charge on any atom is 0.318 e. The second kappa shape index (κ2) is 10.2. The Morgan fingerprint density at radius 2 is 2.03 bits per heavy atom. The fourth-order valence-corrected chi connectivity index (χ4v) is 6.95. The van der Waals surface area contributed by atoms with E-state index in [-0.39, 0.29) is 29.4 Å². The number of hydrogen-bond donors (Lipinski definition) is 1. The molecule has 0 aromatic carbocycles. The van der Waals surface area contributed by atoms with Crippen molar-refractivity contribution in [2.45, 2.75) is 73.7 Å². The Bertz CT molecular complexity index is 1380. The topological polar surface area (TPSA) is 99.2 Å². The second-order valence-corrected chi connectivity index (χ2v) is 12.2. The Labute approximate surface area is 224 Å². The van der Waals surface area contributed by atoms with Gasteiger partial charge in [-0.3, -0.25) is 9.59 Å². The summed E-state index contributed by atoms with van der Waals surface area (Å²) in [4.78, 5) is 31.5. The van der Waals surface area contributed by atoms with E-state index in [9.17, 15) is 28.7 Å².